The molecule has 1 heterocycles. The molecule has 1 rings (SSSR count). The van der Waals surface area contributed by atoms with Gasteiger partial charge in [-0.3, -0.25) is 15.0 Å². The predicted molar refractivity (Wildman–Crippen MR) is 62.7 cm³/mol. The highest BCUT2D eigenvalue weighted by molar-refractivity contribution is 6.02. The van der Waals surface area contributed by atoms with E-state index in [2.05, 4.69) is 19.2 Å². The highest BCUT2D eigenvalue weighted by Gasteiger charge is 2.27. The fourth-order valence-corrected chi connectivity index (χ4v) is 1.54. The Morgan fingerprint density at radius 1 is 1.31 bits per heavy atom. The minimum Gasteiger partial charge on any atom is -0.289 e. The number of rotatable bonds is 4. The van der Waals surface area contributed by atoms with Crippen molar-refractivity contribution in [2.24, 2.45) is 0 Å². The summed E-state index contributed by atoms with van der Waals surface area (Å²) in [5.41, 5.74) is 2.12. The third-order valence-corrected chi connectivity index (χ3v) is 2.69. The number of nitrogens with one attached hydrogen (secondary N) is 1. The van der Waals surface area contributed by atoms with E-state index >= 15 is 0 Å². The third-order valence-electron chi connectivity index (χ3n) is 2.69. The van der Waals surface area contributed by atoms with Crippen molar-refractivity contribution in [2.75, 3.05) is 6.54 Å². The first-order valence-corrected chi connectivity index (χ1v) is 5.56. The van der Waals surface area contributed by atoms with Gasteiger partial charge in [0.15, 0.2) is 0 Å². The van der Waals surface area contributed by atoms with Crippen molar-refractivity contribution >= 4 is 11.9 Å². The second-order valence-corrected chi connectivity index (χ2v) is 3.78. The van der Waals surface area contributed by atoms with Gasteiger partial charge in [-0.25, -0.2) is 4.79 Å². The van der Waals surface area contributed by atoms with Crippen molar-refractivity contribution in [1.29, 1.82) is 0 Å². The van der Waals surface area contributed by atoms with E-state index in [1.807, 2.05) is 19.1 Å². The average Bonchev–Trinajstić information content (AvgIpc) is 2.59. The van der Waals surface area contributed by atoms with E-state index in [0.717, 1.165) is 18.5 Å². The molecule has 0 bridgehead atoms. The van der Waals surface area contributed by atoms with Crippen LogP contribution in [0.1, 0.15) is 33.6 Å². The average molecular weight is 222 g/mol. The fourth-order valence-electron chi connectivity index (χ4n) is 1.54. The van der Waals surface area contributed by atoms with E-state index in [9.17, 15) is 9.59 Å². The molecule has 1 saturated heterocycles. The highest BCUT2D eigenvalue weighted by atomic mass is 16.2. The predicted octanol–water partition coefficient (Wildman–Crippen LogP) is 2.19. The molecule has 0 aromatic heterocycles. The van der Waals surface area contributed by atoms with Crippen LogP contribution in [0.2, 0.25) is 0 Å². The van der Waals surface area contributed by atoms with Crippen LogP contribution in [0.4, 0.5) is 4.79 Å². The molecule has 0 aliphatic carbocycles. The van der Waals surface area contributed by atoms with Gasteiger partial charge < -0.3 is 0 Å². The lowest BCUT2D eigenvalue weighted by molar-refractivity contribution is -0.118. The lowest BCUT2D eigenvalue weighted by Gasteiger charge is -2.12. The zero-order valence-electron chi connectivity index (χ0n) is 10.0. The van der Waals surface area contributed by atoms with E-state index in [1.165, 1.54) is 10.5 Å². The number of urea groups is 1. The Labute approximate surface area is 96.0 Å². The monoisotopic (exact) mass is 222 g/mol. The molecule has 0 unspecified atom stereocenters. The van der Waals surface area contributed by atoms with E-state index in [0.29, 0.717) is 0 Å². The second-order valence-electron chi connectivity index (χ2n) is 3.78. The van der Waals surface area contributed by atoms with Crippen LogP contribution < -0.4 is 5.32 Å². The first-order chi connectivity index (χ1) is 7.58. The van der Waals surface area contributed by atoms with Crippen molar-refractivity contribution in [3.8, 4) is 0 Å². The molecule has 1 fully saturated rings. The van der Waals surface area contributed by atoms with Crippen LogP contribution in [0.25, 0.3) is 0 Å². The molecular formula is C12H18N2O2. The lowest BCUT2D eigenvalue weighted by Crippen LogP contribution is -2.26. The van der Waals surface area contributed by atoms with Crippen LogP contribution in [0.15, 0.2) is 23.4 Å². The molecular weight excluding hydrogens is 204 g/mol. The molecule has 1 N–H and O–H groups in total. The quantitative estimate of drug-likeness (QED) is 0.585. The third kappa shape index (κ3) is 2.95. The van der Waals surface area contributed by atoms with Crippen LogP contribution >= 0.6 is 0 Å². The maximum absolute atomic E-state index is 11.3. The first-order valence-electron chi connectivity index (χ1n) is 5.56. The minimum absolute atomic E-state index is 0.128. The number of allylic oxidation sites excluding steroid dienone is 4. The summed E-state index contributed by atoms with van der Waals surface area (Å²) in [4.78, 5) is 23.8. The molecule has 88 valence electrons. The highest BCUT2D eigenvalue weighted by Crippen LogP contribution is 2.11. The Morgan fingerprint density at radius 2 is 1.94 bits per heavy atom. The number of carbonyl (C=O) groups excluding carboxylic acids is 2. The maximum Gasteiger partial charge on any atom is 0.328 e. The summed E-state index contributed by atoms with van der Waals surface area (Å²) >= 11 is 0. The second kappa shape index (κ2) is 5.49. The molecule has 4 heteroatoms. The van der Waals surface area contributed by atoms with Crippen molar-refractivity contribution in [1.82, 2.24) is 10.2 Å². The summed E-state index contributed by atoms with van der Waals surface area (Å²) in [7, 11) is 0. The zero-order valence-corrected chi connectivity index (χ0v) is 10.0. The van der Waals surface area contributed by atoms with Crippen molar-refractivity contribution in [3.05, 3.63) is 23.4 Å². The maximum atomic E-state index is 11.3. The van der Waals surface area contributed by atoms with Crippen LogP contribution in [-0.4, -0.2) is 23.4 Å². The molecule has 0 aromatic rings. The Kier molecular flexibility index (Phi) is 4.28. The Hall–Kier alpha value is -1.58. The van der Waals surface area contributed by atoms with Gasteiger partial charge in [-0.1, -0.05) is 25.5 Å². The van der Waals surface area contributed by atoms with E-state index in [4.69, 9.17) is 0 Å². The van der Waals surface area contributed by atoms with E-state index < -0.39 is 0 Å². The molecule has 0 aromatic carbocycles. The molecule has 0 atom stereocenters. The summed E-state index contributed by atoms with van der Waals surface area (Å²) in [6.45, 7) is 6.16. The van der Waals surface area contributed by atoms with Gasteiger partial charge in [0.1, 0.15) is 6.54 Å². The Balaban J connectivity index is 2.74. The van der Waals surface area contributed by atoms with Gasteiger partial charge in [0.05, 0.1) is 0 Å². The topological polar surface area (TPSA) is 49.4 Å². The standard InChI is InChI=1S/C12H18N2O2/c1-4-10(5-2)7-6-9(3)14-8-11(15)13-12(14)16/h6-7H,4-5,8H2,1-3H3,(H,13,15,16)/b9-6+. The molecule has 16 heavy (non-hydrogen) atoms. The smallest absolute Gasteiger partial charge is 0.289 e. The summed E-state index contributed by atoms with van der Waals surface area (Å²) in [6.07, 6.45) is 5.92. The normalized spacial score (nSPS) is 16.4. The minimum atomic E-state index is -0.332. The van der Waals surface area contributed by atoms with Crippen molar-refractivity contribution < 1.29 is 9.59 Å². The Morgan fingerprint density at radius 3 is 2.38 bits per heavy atom. The molecule has 1 aliphatic heterocycles. The fraction of sp³-hybridized carbons (Fsp3) is 0.500. The number of imide groups is 1. The van der Waals surface area contributed by atoms with Crippen LogP contribution in [0, 0.1) is 0 Å². The number of amides is 3. The molecule has 0 radical (unpaired) electrons. The largest absolute Gasteiger partial charge is 0.328 e. The van der Waals surface area contributed by atoms with E-state index in [-0.39, 0.29) is 18.5 Å². The van der Waals surface area contributed by atoms with Crippen molar-refractivity contribution in [2.45, 2.75) is 33.6 Å². The summed E-state index contributed by atoms with van der Waals surface area (Å²) in [5, 5.41) is 2.25. The zero-order chi connectivity index (χ0) is 12.1. The molecule has 0 spiro atoms. The lowest BCUT2D eigenvalue weighted by atomic mass is 10.1. The van der Waals surface area contributed by atoms with Gasteiger partial charge in [0, 0.05) is 5.70 Å². The van der Waals surface area contributed by atoms with Crippen LogP contribution in [-0.2, 0) is 4.79 Å². The summed E-state index contributed by atoms with van der Waals surface area (Å²) < 4.78 is 0. The van der Waals surface area contributed by atoms with Gasteiger partial charge in [0.25, 0.3) is 0 Å². The first kappa shape index (κ1) is 12.5. The van der Waals surface area contributed by atoms with Crippen LogP contribution in [0.3, 0.4) is 0 Å². The van der Waals surface area contributed by atoms with Crippen LogP contribution in [0.5, 0.6) is 0 Å². The molecule has 0 saturated carbocycles. The summed E-state index contributed by atoms with van der Waals surface area (Å²) in [6, 6.07) is -0.332. The van der Waals surface area contributed by atoms with Gasteiger partial charge in [0.2, 0.25) is 5.91 Å². The number of hydrogen-bond acceptors (Lipinski definition) is 2. The van der Waals surface area contributed by atoms with Gasteiger partial charge in [-0.15, -0.1) is 0 Å². The molecule has 1 aliphatic rings. The number of nitrogens with zero attached hydrogens (tertiary/aromatic N) is 1. The van der Waals surface area contributed by atoms with Crippen molar-refractivity contribution in [3.63, 3.8) is 0 Å². The molecule has 3 amide bonds. The van der Waals surface area contributed by atoms with Gasteiger partial charge in [-0.2, -0.15) is 0 Å². The number of carbonyl (C=O) groups is 2. The SMILES string of the molecule is CCC(=C/C=C(\C)N1CC(=O)NC1=O)CC. The summed E-state index contributed by atoms with van der Waals surface area (Å²) in [5.74, 6) is -0.243. The van der Waals surface area contributed by atoms with Gasteiger partial charge >= 0.3 is 6.03 Å². The van der Waals surface area contributed by atoms with Gasteiger partial charge in [-0.05, 0) is 25.8 Å². The Bertz CT molecular complexity index is 350. The number of hydrogen-bond donors (Lipinski definition) is 1. The molecule has 4 nitrogen and oxygen atoms in total. The van der Waals surface area contributed by atoms with E-state index in [1.54, 1.807) is 0 Å².